The number of carboxylic acids is 2. The van der Waals surface area contributed by atoms with Crippen molar-refractivity contribution in [1.29, 1.82) is 0 Å². The van der Waals surface area contributed by atoms with Gasteiger partial charge in [-0.05, 0) is 39.5 Å². The summed E-state index contributed by atoms with van der Waals surface area (Å²) in [5, 5.41) is 18.0. The molecule has 0 aliphatic carbocycles. The van der Waals surface area contributed by atoms with E-state index in [1.165, 1.54) is 13.8 Å². The Morgan fingerprint density at radius 2 is 1.04 bits per heavy atom. The predicted octanol–water partition coefficient (Wildman–Crippen LogP) is 2.14. The third-order valence-electron chi connectivity index (χ3n) is 3.94. The van der Waals surface area contributed by atoms with Gasteiger partial charge in [-0.1, -0.05) is 13.8 Å². The Bertz CT molecular complexity index is 442. The zero-order chi connectivity index (χ0) is 19.0. The second kappa shape index (κ2) is 9.24. The molecule has 24 heavy (non-hydrogen) atoms. The summed E-state index contributed by atoms with van der Waals surface area (Å²) in [5.41, 5.74) is -3.11. The normalized spacial score (nSPS) is 15.7. The maximum atomic E-state index is 11.7. The number of hydrogen-bond donors (Lipinski definition) is 2. The van der Waals surface area contributed by atoms with Crippen LogP contribution in [0.1, 0.15) is 66.2 Å². The molecule has 0 aromatic heterocycles. The lowest BCUT2D eigenvalue weighted by atomic mass is 10.0. The van der Waals surface area contributed by atoms with E-state index in [2.05, 4.69) is 0 Å². The van der Waals surface area contributed by atoms with Crippen molar-refractivity contribution in [2.24, 2.45) is 0 Å². The van der Waals surface area contributed by atoms with Gasteiger partial charge in [-0.25, -0.2) is 9.59 Å². The van der Waals surface area contributed by atoms with E-state index in [0.717, 1.165) is 0 Å². The van der Waals surface area contributed by atoms with Gasteiger partial charge in [0.1, 0.15) is 0 Å². The maximum absolute atomic E-state index is 11.7. The number of carbonyl (C=O) groups is 4. The van der Waals surface area contributed by atoms with Gasteiger partial charge in [0, 0.05) is 12.8 Å². The lowest BCUT2D eigenvalue weighted by Gasteiger charge is -2.23. The Labute approximate surface area is 141 Å². The fraction of sp³-hybridized carbons (Fsp3) is 0.750. The first-order valence-corrected chi connectivity index (χ1v) is 7.91. The number of hydrogen-bond acceptors (Lipinski definition) is 6. The molecule has 0 radical (unpaired) electrons. The van der Waals surface area contributed by atoms with Crippen LogP contribution in [-0.2, 0) is 28.7 Å². The van der Waals surface area contributed by atoms with E-state index in [4.69, 9.17) is 19.7 Å². The molecule has 0 fully saturated rings. The third-order valence-corrected chi connectivity index (χ3v) is 3.94. The lowest BCUT2D eigenvalue weighted by molar-refractivity contribution is -0.177. The maximum Gasteiger partial charge on any atom is 0.347 e. The number of carboxylic acid groups (broad SMARTS) is 2. The van der Waals surface area contributed by atoms with Crippen LogP contribution < -0.4 is 0 Å². The molecule has 0 saturated heterocycles. The van der Waals surface area contributed by atoms with Crippen molar-refractivity contribution < 1.29 is 38.9 Å². The molecule has 138 valence electrons. The monoisotopic (exact) mass is 346 g/mol. The predicted molar refractivity (Wildman–Crippen MR) is 83.3 cm³/mol. The average molecular weight is 346 g/mol. The second-order valence-electron chi connectivity index (χ2n) is 5.93. The van der Waals surface area contributed by atoms with Crippen LogP contribution in [0, 0.1) is 0 Å². The molecule has 0 rings (SSSR count). The van der Waals surface area contributed by atoms with Gasteiger partial charge >= 0.3 is 23.9 Å². The Morgan fingerprint density at radius 1 is 0.750 bits per heavy atom. The molecule has 2 atom stereocenters. The first kappa shape index (κ1) is 21.9. The molecule has 0 amide bonds. The van der Waals surface area contributed by atoms with Crippen molar-refractivity contribution in [3.63, 3.8) is 0 Å². The minimum atomic E-state index is -1.56. The summed E-state index contributed by atoms with van der Waals surface area (Å²) >= 11 is 0. The van der Waals surface area contributed by atoms with Crippen molar-refractivity contribution in [2.45, 2.75) is 77.4 Å². The third kappa shape index (κ3) is 6.55. The molecule has 2 unspecified atom stereocenters. The summed E-state index contributed by atoms with van der Waals surface area (Å²) in [6.45, 7) is 5.85. The highest BCUT2D eigenvalue weighted by Crippen LogP contribution is 2.19. The molecule has 0 aromatic rings. The fourth-order valence-electron chi connectivity index (χ4n) is 1.68. The Kier molecular flexibility index (Phi) is 8.43. The SMILES string of the molecule is CCC(C)(OC(=O)CCCCC(=O)OC(C)(CC)C(=O)O)C(=O)O. The molecule has 0 aromatic carbocycles. The summed E-state index contributed by atoms with van der Waals surface area (Å²) in [7, 11) is 0. The van der Waals surface area contributed by atoms with E-state index >= 15 is 0 Å². The van der Waals surface area contributed by atoms with Gasteiger partial charge in [-0.15, -0.1) is 0 Å². The van der Waals surface area contributed by atoms with Crippen molar-refractivity contribution >= 4 is 23.9 Å². The minimum Gasteiger partial charge on any atom is -0.478 e. The molecule has 0 heterocycles. The summed E-state index contributed by atoms with van der Waals surface area (Å²) in [4.78, 5) is 45.4. The standard InChI is InChI=1S/C16H26O8/c1-5-15(3,13(19)20)23-11(17)9-7-8-10-12(18)24-16(4,6-2)14(21)22/h5-10H2,1-4H3,(H,19,20)(H,21,22). The number of aliphatic carboxylic acids is 2. The number of ether oxygens (including phenoxy) is 2. The van der Waals surface area contributed by atoms with E-state index in [9.17, 15) is 19.2 Å². The Balaban J connectivity index is 4.22. The van der Waals surface area contributed by atoms with Crippen LogP contribution in [0.3, 0.4) is 0 Å². The lowest BCUT2D eigenvalue weighted by Crippen LogP contribution is -2.39. The van der Waals surface area contributed by atoms with Gasteiger partial charge in [-0.2, -0.15) is 0 Å². The quantitative estimate of drug-likeness (QED) is 0.430. The summed E-state index contributed by atoms with van der Waals surface area (Å²) in [6, 6.07) is 0. The molecule has 0 spiro atoms. The van der Waals surface area contributed by atoms with Crippen molar-refractivity contribution in [3.05, 3.63) is 0 Å². The van der Waals surface area contributed by atoms with Crippen LogP contribution in [0.15, 0.2) is 0 Å². The van der Waals surface area contributed by atoms with Crippen molar-refractivity contribution in [2.75, 3.05) is 0 Å². The van der Waals surface area contributed by atoms with Gasteiger partial charge in [0.05, 0.1) is 0 Å². The molecule has 0 bridgehead atoms. The van der Waals surface area contributed by atoms with Crippen LogP contribution in [-0.4, -0.2) is 45.3 Å². The zero-order valence-electron chi connectivity index (χ0n) is 14.6. The Morgan fingerprint density at radius 3 is 1.25 bits per heavy atom. The van der Waals surface area contributed by atoms with Crippen molar-refractivity contribution in [1.82, 2.24) is 0 Å². The van der Waals surface area contributed by atoms with E-state index in [0.29, 0.717) is 12.8 Å². The highest BCUT2D eigenvalue weighted by Gasteiger charge is 2.36. The highest BCUT2D eigenvalue weighted by molar-refractivity contribution is 5.82. The minimum absolute atomic E-state index is 0.0277. The highest BCUT2D eigenvalue weighted by atomic mass is 16.6. The smallest absolute Gasteiger partial charge is 0.347 e. The zero-order valence-corrected chi connectivity index (χ0v) is 14.6. The van der Waals surface area contributed by atoms with Gasteiger partial charge < -0.3 is 19.7 Å². The first-order chi connectivity index (χ1) is 11.0. The van der Waals surface area contributed by atoms with Crippen LogP contribution in [0.25, 0.3) is 0 Å². The summed E-state index contributed by atoms with van der Waals surface area (Å²) in [6.07, 6.45) is 0.850. The molecule has 8 nitrogen and oxygen atoms in total. The van der Waals surface area contributed by atoms with Crippen LogP contribution in [0.4, 0.5) is 0 Å². The molecule has 8 heteroatoms. The van der Waals surface area contributed by atoms with Gasteiger partial charge in [0.15, 0.2) is 0 Å². The van der Waals surface area contributed by atoms with E-state index < -0.39 is 35.1 Å². The van der Waals surface area contributed by atoms with Gasteiger partial charge in [0.25, 0.3) is 0 Å². The van der Waals surface area contributed by atoms with E-state index in [1.807, 2.05) is 0 Å². The first-order valence-electron chi connectivity index (χ1n) is 7.91. The molecular formula is C16H26O8. The van der Waals surface area contributed by atoms with Crippen LogP contribution >= 0.6 is 0 Å². The number of rotatable bonds is 11. The molecule has 2 N–H and O–H groups in total. The second-order valence-corrected chi connectivity index (χ2v) is 5.93. The van der Waals surface area contributed by atoms with Crippen LogP contribution in [0.5, 0.6) is 0 Å². The summed E-state index contributed by atoms with van der Waals surface area (Å²) in [5.74, 6) is -3.73. The van der Waals surface area contributed by atoms with E-state index in [-0.39, 0.29) is 25.7 Å². The molecule has 0 aliphatic rings. The molecule has 0 aliphatic heterocycles. The van der Waals surface area contributed by atoms with Gasteiger partial charge in [-0.3, -0.25) is 9.59 Å². The number of carbonyl (C=O) groups excluding carboxylic acids is 2. The number of esters is 2. The largest absolute Gasteiger partial charge is 0.478 e. The van der Waals surface area contributed by atoms with Crippen molar-refractivity contribution in [3.8, 4) is 0 Å². The molecule has 0 saturated carbocycles. The van der Waals surface area contributed by atoms with E-state index in [1.54, 1.807) is 13.8 Å². The number of unbranched alkanes of at least 4 members (excludes halogenated alkanes) is 1. The fourth-order valence-corrected chi connectivity index (χ4v) is 1.68. The summed E-state index contributed by atoms with van der Waals surface area (Å²) < 4.78 is 9.91. The van der Waals surface area contributed by atoms with Crippen LogP contribution in [0.2, 0.25) is 0 Å². The van der Waals surface area contributed by atoms with Gasteiger partial charge in [0.2, 0.25) is 11.2 Å². The Hall–Kier alpha value is -2.12. The molecular weight excluding hydrogens is 320 g/mol. The topological polar surface area (TPSA) is 127 Å². The average Bonchev–Trinajstić information content (AvgIpc) is 2.50.